The van der Waals surface area contributed by atoms with Gasteiger partial charge in [-0.1, -0.05) is 0 Å². The minimum atomic E-state index is 0. The smallest absolute Gasteiger partial charge is 0.191 e. The minimum absolute atomic E-state index is 0. The number of rotatable bonds is 6. The Hall–Kier alpha value is -0.830. The first-order valence-corrected chi connectivity index (χ1v) is 8.86. The fraction of sp³-hybridized carbons (Fsp3) is 0.765. The van der Waals surface area contributed by atoms with Gasteiger partial charge in [0.1, 0.15) is 0 Å². The highest BCUT2D eigenvalue weighted by molar-refractivity contribution is 14.0. The maximum atomic E-state index is 4.69. The molecule has 7 heteroatoms. The molecule has 0 radical (unpaired) electrons. The molecule has 1 aromatic heterocycles. The van der Waals surface area contributed by atoms with Crippen LogP contribution < -0.4 is 10.6 Å². The van der Waals surface area contributed by atoms with E-state index in [1.54, 1.807) is 0 Å². The molecule has 0 aromatic carbocycles. The molecule has 0 unspecified atom stereocenters. The Morgan fingerprint density at radius 2 is 2.08 bits per heavy atom. The van der Waals surface area contributed by atoms with E-state index < -0.39 is 0 Å². The molecule has 2 heterocycles. The Bertz CT molecular complexity index is 491. The third kappa shape index (κ3) is 6.96. The van der Waals surface area contributed by atoms with Crippen LogP contribution in [0.3, 0.4) is 0 Å². The average Bonchev–Trinajstić information content (AvgIpc) is 2.93. The molecular weight excluding hydrogens is 415 g/mol. The van der Waals surface area contributed by atoms with Crippen LogP contribution in [0.25, 0.3) is 0 Å². The summed E-state index contributed by atoms with van der Waals surface area (Å²) < 4.78 is 1.95. The molecule has 138 valence electrons. The molecule has 1 saturated heterocycles. The van der Waals surface area contributed by atoms with Crippen molar-refractivity contribution < 1.29 is 0 Å². The molecule has 0 spiro atoms. The van der Waals surface area contributed by atoms with Crippen molar-refractivity contribution in [3.8, 4) is 0 Å². The number of nitrogens with one attached hydrogen (secondary N) is 2. The molecule has 24 heavy (non-hydrogen) atoms. The van der Waals surface area contributed by atoms with Crippen molar-refractivity contribution in [2.24, 2.45) is 4.99 Å². The van der Waals surface area contributed by atoms with Crippen molar-refractivity contribution in [3.05, 3.63) is 18.0 Å². The van der Waals surface area contributed by atoms with E-state index in [2.05, 4.69) is 59.5 Å². The van der Waals surface area contributed by atoms with Crippen LogP contribution in [0.5, 0.6) is 0 Å². The van der Waals surface area contributed by atoms with Gasteiger partial charge >= 0.3 is 0 Å². The zero-order valence-electron chi connectivity index (χ0n) is 15.5. The number of hydrogen-bond donors (Lipinski definition) is 2. The highest BCUT2D eigenvalue weighted by atomic mass is 127. The average molecular weight is 448 g/mol. The number of likely N-dealkylation sites (tertiary alicyclic amines) is 1. The van der Waals surface area contributed by atoms with Gasteiger partial charge in [0.25, 0.3) is 0 Å². The maximum absolute atomic E-state index is 4.69. The van der Waals surface area contributed by atoms with Gasteiger partial charge in [0.15, 0.2) is 5.96 Å². The van der Waals surface area contributed by atoms with Crippen LogP contribution in [-0.2, 0) is 6.54 Å². The molecule has 2 rings (SSSR count). The molecule has 0 aliphatic carbocycles. The minimum Gasteiger partial charge on any atom is -0.357 e. The highest BCUT2D eigenvalue weighted by Gasteiger charge is 2.21. The fourth-order valence-electron chi connectivity index (χ4n) is 2.93. The van der Waals surface area contributed by atoms with Gasteiger partial charge in [-0.3, -0.25) is 9.67 Å². The number of nitrogens with zero attached hydrogens (tertiary/aromatic N) is 4. The van der Waals surface area contributed by atoms with Gasteiger partial charge in [-0.2, -0.15) is 5.10 Å². The lowest BCUT2D eigenvalue weighted by atomic mass is 10.0. The Morgan fingerprint density at radius 3 is 2.62 bits per heavy atom. The van der Waals surface area contributed by atoms with Gasteiger partial charge in [-0.25, -0.2) is 0 Å². The predicted molar refractivity (Wildman–Crippen MR) is 111 cm³/mol. The van der Waals surface area contributed by atoms with E-state index in [-0.39, 0.29) is 24.0 Å². The number of guanidine groups is 1. The van der Waals surface area contributed by atoms with Crippen LogP contribution in [0.2, 0.25) is 0 Å². The van der Waals surface area contributed by atoms with Crippen LogP contribution in [0.1, 0.15) is 39.2 Å². The summed E-state index contributed by atoms with van der Waals surface area (Å²) in [5, 5.41) is 11.2. The number of aromatic nitrogens is 2. The summed E-state index contributed by atoms with van der Waals surface area (Å²) in [6.07, 6.45) is 6.30. The van der Waals surface area contributed by atoms with E-state index in [4.69, 9.17) is 0 Å². The zero-order valence-corrected chi connectivity index (χ0v) is 17.8. The third-order valence-electron chi connectivity index (χ3n) is 4.31. The van der Waals surface area contributed by atoms with Crippen molar-refractivity contribution in [1.29, 1.82) is 0 Å². The highest BCUT2D eigenvalue weighted by Crippen LogP contribution is 2.12. The number of aryl methyl sites for hydroxylation is 1. The predicted octanol–water partition coefficient (Wildman–Crippen LogP) is 2.24. The maximum Gasteiger partial charge on any atom is 0.191 e. The summed E-state index contributed by atoms with van der Waals surface area (Å²) >= 11 is 0. The second kappa shape index (κ2) is 10.9. The van der Waals surface area contributed by atoms with Gasteiger partial charge < -0.3 is 15.5 Å². The van der Waals surface area contributed by atoms with Crippen LogP contribution in [0.4, 0.5) is 0 Å². The summed E-state index contributed by atoms with van der Waals surface area (Å²) in [5.74, 6) is 0.930. The molecule has 0 amide bonds. The Morgan fingerprint density at radius 1 is 1.38 bits per heavy atom. The van der Waals surface area contributed by atoms with Gasteiger partial charge in [-0.15, -0.1) is 24.0 Å². The Balaban J connectivity index is 0.00000288. The summed E-state index contributed by atoms with van der Waals surface area (Å²) in [5.41, 5.74) is 1.19. The normalized spacial score (nSPS) is 17.0. The van der Waals surface area contributed by atoms with Crippen molar-refractivity contribution in [2.75, 3.05) is 26.2 Å². The topological polar surface area (TPSA) is 57.5 Å². The third-order valence-corrected chi connectivity index (χ3v) is 4.31. The summed E-state index contributed by atoms with van der Waals surface area (Å²) in [4.78, 5) is 7.23. The van der Waals surface area contributed by atoms with Crippen molar-refractivity contribution in [2.45, 2.75) is 59.2 Å². The quantitative estimate of drug-likeness (QED) is 0.398. The van der Waals surface area contributed by atoms with Crippen molar-refractivity contribution >= 4 is 29.9 Å². The zero-order chi connectivity index (χ0) is 16.7. The van der Waals surface area contributed by atoms with Crippen LogP contribution >= 0.6 is 24.0 Å². The van der Waals surface area contributed by atoms with E-state index >= 15 is 0 Å². The Labute approximate surface area is 163 Å². The summed E-state index contributed by atoms with van der Waals surface area (Å²) in [6.45, 7) is 13.5. The Kier molecular flexibility index (Phi) is 9.65. The molecule has 1 aromatic rings. The van der Waals surface area contributed by atoms with E-state index in [9.17, 15) is 0 Å². The van der Waals surface area contributed by atoms with Crippen LogP contribution in [0, 0.1) is 6.92 Å². The van der Waals surface area contributed by atoms with E-state index in [1.165, 1.54) is 31.5 Å². The monoisotopic (exact) mass is 448 g/mol. The number of aliphatic imine (C=N–C) groups is 1. The first-order valence-electron chi connectivity index (χ1n) is 8.86. The van der Waals surface area contributed by atoms with Gasteiger partial charge in [0.2, 0.25) is 0 Å². The van der Waals surface area contributed by atoms with Gasteiger partial charge in [0.05, 0.1) is 19.3 Å². The molecule has 1 aliphatic heterocycles. The molecule has 6 nitrogen and oxygen atoms in total. The first-order chi connectivity index (χ1) is 11.1. The van der Waals surface area contributed by atoms with Crippen molar-refractivity contribution in [1.82, 2.24) is 25.3 Å². The summed E-state index contributed by atoms with van der Waals surface area (Å²) in [7, 11) is 0. The van der Waals surface area contributed by atoms with Crippen LogP contribution in [-0.4, -0.2) is 58.9 Å². The molecule has 0 bridgehead atoms. The fourth-order valence-corrected chi connectivity index (χ4v) is 2.93. The second-order valence-corrected chi connectivity index (χ2v) is 6.59. The lowest BCUT2D eigenvalue weighted by Gasteiger charge is -2.35. The lowest BCUT2D eigenvalue weighted by molar-refractivity contribution is 0.167. The molecule has 1 fully saturated rings. The van der Waals surface area contributed by atoms with E-state index in [0.717, 1.165) is 25.6 Å². The largest absolute Gasteiger partial charge is 0.357 e. The molecule has 0 atom stereocenters. The lowest BCUT2D eigenvalue weighted by Crippen LogP contribution is -2.49. The van der Waals surface area contributed by atoms with Crippen molar-refractivity contribution in [3.63, 3.8) is 0 Å². The molecule has 0 saturated carbocycles. The first kappa shape index (κ1) is 21.2. The number of halogens is 1. The molecule has 2 N–H and O–H groups in total. The van der Waals surface area contributed by atoms with E-state index in [1.807, 2.05) is 10.9 Å². The SMILES string of the molecule is CCNC(=NCCn1cc(C)cn1)NC1CCN(C(C)C)CC1.I. The molecular formula is C17H33IN6. The van der Waals surface area contributed by atoms with Crippen LogP contribution in [0.15, 0.2) is 17.4 Å². The van der Waals surface area contributed by atoms with E-state index in [0.29, 0.717) is 12.1 Å². The second-order valence-electron chi connectivity index (χ2n) is 6.59. The van der Waals surface area contributed by atoms with Gasteiger partial charge in [-0.05, 0) is 46.1 Å². The number of hydrogen-bond acceptors (Lipinski definition) is 3. The molecule has 1 aliphatic rings. The summed E-state index contributed by atoms with van der Waals surface area (Å²) in [6, 6.07) is 1.17. The van der Waals surface area contributed by atoms with Gasteiger partial charge in [0, 0.05) is 37.9 Å². The standard InChI is InChI=1S/C17H32N6.HI/c1-5-18-17(19-8-11-23-13-15(4)12-20-23)21-16-6-9-22(10-7-16)14(2)3;/h12-14,16H,5-11H2,1-4H3,(H2,18,19,21);1H. The number of piperidine rings is 1.